The number of nitrogens with zero attached hydrogens (tertiary/aromatic N) is 4. The second-order valence-electron chi connectivity index (χ2n) is 7.36. The maximum Gasteiger partial charge on any atom is 0.326 e. The summed E-state index contributed by atoms with van der Waals surface area (Å²) < 4.78 is 0. The number of hydrogen-bond acceptors (Lipinski definition) is 10. The van der Waals surface area contributed by atoms with Gasteiger partial charge >= 0.3 is 11.9 Å². The first-order valence-electron chi connectivity index (χ1n) is 9.80. The number of fused-ring (bicyclic) bond motifs is 1. The van der Waals surface area contributed by atoms with Crippen LogP contribution in [0.2, 0.25) is 0 Å². The van der Waals surface area contributed by atoms with Crippen LogP contribution in [0.5, 0.6) is 0 Å². The molecule has 1 amide bonds. The summed E-state index contributed by atoms with van der Waals surface area (Å²) >= 11 is 1.18. The van der Waals surface area contributed by atoms with Crippen LogP contribution in [0.4, 0.5) is 16.8 Å². The Kier molecular flexibility index (Phi) is 6.92. The summed E-state index contributed by atoms with van der Waals surface area (Å²) in [5.74, 6) is -2.70. The summed E-state index contributed by atoms with van der Waals surface area (Å²) in [4.78, 5) is 49.2. The minimum absolute atomic E-state index is 0.0502. The van der Waals surface area contributed by atoms with Crippen molar-refractivity contribution >= 4 is 57.0 Å². The number of carbonyl (C=O) groups excluding carboxylic acids is 1. The molecular formula is C20H23N7O5S. The molecule has 7 N–H and O–H groups in total. The van der Waals surface area contributed by atoms with Crippen LogP contribution in [-0.2, 0) is 16.1 Å². The van der Waals surface area contributed by atoms with Crippen molar-refractivity contribution in [1.82, 2.24) is 20.3 Å². The highest BCUT2D eigenvalue weighted by Gasteiger charge is 2.23. The van der Waals surface area contributed by atoms with Gasteiger partial charge in [0.1, 0.15) is 11.9 Å². The summed E-state index contributed by atoms with van der Waals surface area (Å²) in [5, 5.41) is 21.7. The molecule has 174 valence electrons. The van der Waals surface area contributed by atoms with E-state index in [1.807, 2.05) is 18.9 Å². The second kappa shape index (κ2) is 9.65. The molecule has 3 aromatic heterocycles. The van der Waals surface area contributed by atoms with Crippen molar-refractivity contribution in [3.05, 3.63) is 34.3 Å². The van der Waals surface area contributed by atoms with Gasteiger partial charge in [0.15, 0.2) is 5.65 Å². The lowest BCUT2D eigenvalue weighted by Gasteiger charge is -2.19. The molecule has 13 heteroatoms. The van der Waals surface area contributed by atoms with Crippen LogP contribution in [0.1, 0.15) is 33.6 Å². The zero-order chi connectivity index (χ0) is 24.3. The van der Waals surface area contributed by atoms with E-state index in [2.05, 4.69) is 20.3 Å². The Morgan fingerprint density at radius 2 is 1.94 bits per heavy atom. The molecule has 33 heavy (non-hydrogen) atoms. The average Bonchev–Trinajstić information content (AvgIpc) is 3.22. The van der Waals surface area contributed by atoms with E-state index in [-0.39, 0.29) is 24.6 Å². The number of thiophene rings is 1. The molecule has 0 saturated carbocycles. The minimum atomic E-state index is -1.29. The molecule has 0 aromatic carbocycles. The zero-order valence-corrected chi connectivity index (χ0v) is 18.7. The van der Waals surface area contributed by atoms with Crippen LogP contribution in [-0.4, -0.2) is 56.1 Å². The number of aryl methyl sites for hydroxylation is 1. The second-order valence-corrected chi connectivity index (χ2v) is 8.43. The number of carbonyl (C=O) groups is 3. The molecule has 3 aromatic rings. The van der Waals surface area contributed by atoms with Gasteiger partial charge in [0.25, 0.3) is 5.91 Å². The summed E-state index contributed by atoms with van der Waals surface area (Å²) in [6.45, 7) is 2.34. The Morgan fingerprint density at radius 3 is 2.61 bits per heavy atom. The Morgan fingerprint density at radius 1 is 1.21 bits per heavy atom. The molecule has 0 saturated heterocycles. The van der Waals surface area contributed by atoms with Gasteiger partial charge in [0, 0.05) is 26.2 Å². The van der Waals surface area contributed by atoms with Crippen LogP contribution in [0.3, 0.4) is 0 Å². The monoisotopic (exact) mass is 473 g/mol. The number of carboxylic acids is 2. The van der Waals surface area contributed by atoms with Gasteiger partial charge < -0.3 is 31.9 Å². The maximum atomic E-state index is 12.5. The summed E-state index contributed by atoms with van der Waals surface area (Å²) in [5.41, 5.74) is 13.8. The first-order valence-corrected chi connectivity index (χ1v) is 10.6. The highest BCUT2D eigenvalue weighted by atomic mass is 32.1. The lowest BCUT2D eigenvalue weighted by atomic mass is 10.1. The van der Waals surface area contributed by atoms with Crippen molar-refractivity contribution in [3.63, 3.8) is 0 Å². The van der Waals surface area contributed by atoms with Crippen LogP contribution in [0.25, 0.3) is 11.0 Å². The normalized spacial score (nSPS) is 11.8. The van der Waals surface area contributed by atoms with Gasteiger partial charge in [-0.2, -0.15) is 9.97 Å². The van der Waals surface area contributed by atoms with E-state index in [1.165, 1.54) is 11.3 Å². The standard InChI is InChI=1S/C20H23N7O5S/c1-9-10(7-23-17-15(9)16(21)25-20(22)26-17)8-27(2)13-5-4-12(33-13)18(30)24-11(19(31)32)3-6-14(28)29/h4-5,7,11H,3,6,8H2,1-2H3,(H,24,30)(H,28,29)(H,31,32)(H4,21,22,23,25,26)/t11-/m0/s1. The van der Waals surface area contributed by atoms with E-state index >= 15 is 0 Å². The van der Waals surface area contributed by atoms with Crippen molar-refractivity contribution in [1.29, 1.82) is 0 Å². The molecule has 0 fully saturated rings. The number of carboxylic acid groups (broad SMARTS) is 2. The van der Waals surface area contributed by atoms with Crippen LogP contribution < -0.4 is 21.7 Å². The largest absolute Gasteiger partial charge is 0.481 e. The van der Waals surface area contributed by atoms with E-state index in [0.29, 0.717) is 22.5 Å². The molecule has 0 aliphatic rings. The maximum absolute atomic E-state index is 12.5. The van der Waals surface area contributed by atoms with Crippen LogP contribution in [0, 0.1) is 6.92 Å². The number of aliphatic carboxylic acids is 2. The Hall–Kier alpha value is -4.00. The Balaban J connectivity index is 1.74. The molecule has 0 aliphatic heterocycles. The Labute approximate surface area is 192 Å². The van der Waals surface area contributed by atoms with Gasteiger partial charge in [-0.3, -0.25) is 9.59 Å². The van der Waals surface area contributed by atoms with Gasteiger partial charge in [-0.1, -0.05) is 0 Å². The van der Waals surface area contributed by atoms with Gasteiger partial charge in [-0.15, -0.1) is 11.3 Å². The predicted molar refractivity (Wildman–Crippen MR) is 123 cm³/mol. The van der Waals surface area contributed by atoms with E-state index < -0.39 is 23.9 Å². The van der Waals surface area contributed by atoms with E-state index in [9.17, 15) is 19.5 Å². The van der Waals surface area contributed by atoms with Crippen LogP contribution >= 0.6 is 11.3 Å². The summed E-state index contributed by atoms with van der Waals surface area (Å²) in [6, 6.07) is 2.04. The van der Waals surface area contributed by atoms with Crippen molar-refractivity contribution < 1.29 is 24.6 Å². The molecule has 1 atom stereocenters. The molecule has 0 unspecified atom stereocenters. The average molecular weight is 474 g/mol. The SMILES string of the molecule is Cc1c(CN(C)c2ccc(C(=O)N[C@@H](CCC(=O)O)C(=O)O)s2)cnc2nc(N)nc(N)c12. The first-order chi connectivity index (χ1) is 15.6. The van der Waals surface area contributed by atoms with Gasteiger partial charge in [0.05, 0.1) is 15.3 Å². The number of nitrogens with two attached hydrogens (primary N) is 2. The molecule has 12 nitrogen and oxygen atoms in total. The number of amides is 1. The van der Waals surface area contributed by atoms with Gasteiger partial charge in [-0.25, -0.2) is 9.78 Å². The number of aromatic nitrogens is 3. The molecule has 0 spiro atoms. The third-order valence-corrected chi connectivity index (χ3v) is 6.18. The van der Waals surface area contributed by atoms with Crippen molar-refractivity contribution in [3.8, 4) is 0 Å². The summed E-state index contributed by atoms with van der Waals surface area (Å²) in [7, 11) is 1.84. The number of pyridine rings is 1. The molecule has 3 heterocycles. The Bertz CT molecular complexity index is 1230. The summed E-state index contributed by atoms with van der Waals surface area (Å²) in [6.07, 6.45) is 1.11. The topological polar surface area (TPSA) is 198 Å². The molecule has 3 rings (SSSR count). The molecular weight excluding hydrogens is 450 g/mol. The molecule has 0 radical (unpaired) electrons. The van der Waals surface area contributed by atoms with E-state index in [4.69, 9.17) is 16.6 Å². The number of nitrogens with one attached hydrogen (secondary N) is 1. The smallest absolute Gasteiger partial charge is 0.326 e. The van der Waals surface area contributed by atoms with Crippen molar-refractivity contribution in [2.45, 2.75) is 32.4 Å². The lowest BCUT2D eigenvalue weighted by Crippen LogP contribution is -2.40. The first kappa shape index (κ1) is 23.7. The van der Waals surface area contributed by atoms with Gasteiger partial charge in [-0.05, 0) is 36.6 Å². The van der Waals surface area contributed by atoms with E-state index in [0.717, 1.165) is 16.1 Å². The minimum Gasteiger partial charge on any atom is -0.481 e. The van der Waals surface area contributed by atoms with Crippen molar-refractivity contribution in [2.75, 3.05) is 23.4 Å². The quantitative estimate of drug-likeness (QED) is 0.300. The highest BCUT2D eigenvalue weighted by Crippen LogP contribution is 2.29. The number of hydrogen-bond donors (Lipinski definition) is 5. The zero-order valence-electron chi connectivity index (χ0n) is 17.9. The van der Waals surface area contributed by atoms with E-state index in [1.54, 1.807) is 18.3 Å². The predicted octanol–water partition coefficient (Wildman–Crippen LogP) is 1.24. The molecule has 0 bridgehead atoms. The fourth-order valence-electron chi connectivity index (χ4n) is 3.24. The third-order valence-electron chi connectivity index (χ3n) is 4.98. The molecule has 0 aliphatic carbocycles. The fraction of sp³-hybridized carbons (Fsp3) is 0.300. The lowest BCUT2D eigenvalue weighted by molar-refractivity contribution is -0.140. The number of rotatable bonds is 9. The fourth-order valence-corrected chi connectivity index (χ4v) is 4.10. The van der Waals surface area contributed by atoms with Gasteiger partial charge in [0.2, 0.25) is 5.95 Å². The highest BCUT2D eigenvalue weighted by molar-refractivity contribution is 7.18. The number of nitrogen functional groups attached to an aromatic ring is 2. The van der Waals surface area contributed by atoms with Crippen molar-refractivity contribution in [2.24, 2.45) is 0 Å². The number of anilines is 3. The van der Waals surface area contributed by atoms with Crippen LogP contribution in [0.15, 0.2) is 18.3 Å². The third kappa shape index (κ3) is 5.44.